The van der Waals surface area contributed by atoms with E-state index in [4.69, 9.17) is 28.7 Å². The molecule has 0 heterocycles. The van der Waals surface area contributed by atoms with E-state index >= 15 is 0 Å². The van der Waals surface area contributed by atoms with E-state index in [-0.39, 0.29) is 0 Å². The van der Waals surface area contributed by atoms with Crippen molar-refractivity contribution < 1.29 is 0 Å². The summed E-state index contributed by atoms with van der Waals surface area (Å²) in [4.78, 5) is 0. The van der Waals surface area contributed by atoms with Crippen LogP contribution in [-0.2, 0) is 6.42 Å². The fourth-order valence-corrected chi connectivity index (χ4v) is 4.06. The lowest BCUT2D eigenvalue weighted by Crippen LogP contribution is -1.90. The molecule has 1 aliphatic carbocycles. The highest BCUT2D eigenvalue weighted by Crippen LogP contribution is 2.38. The number of anilines is 5. The van der Waals surface area contributed by atoms with Gasteiger partial charge in [-0.25, -0.2) is 0 Å². The van der Waals surface area contributed by atoms with Crippen LogP contribution in [0.15, 0.2) is 103 Å². The summed E-state index contributed by atoms with van der Waals surface area (Å²) in [6.07, 6.45) is 0.945. The predicted octanol–water partition coefficient (Wildman–Crippen LogP) is 5.27. The molecule has 1 aliphatic rings. The number of hydrogen-bond acceptors (Lipinski definition) is 6. The number of fused-ring (bicyclic) bond motifs is 4. The van der Waals surface area contributed by atoms with Crippen molar-refractivity contribution in [1.82, 2.24) is 0 Å². The van der Waals surface area contributed by atoms with Crippen LogP contribution in [0.25, 0.3) is 21.9 Å². The summed E-state index contributed by atoms with van der Waals surface area (Å²) in [7, 11) is 1.50. The zero-order valence-electron chi connectivity index (χ0n) is 20.5. The molecule has 6 heteroatoms. The molecule has 5 aromatic rings. The van der Waals surface area contributed by atoms with Crippen LogP contribution in [-0.4, -0.2) is 7.05 Å². The molecule has 6 nitrogen and oxygen atoms in total. The van der Waals surface area contributed by atoms with Crippen LogP contribution in [0.2, 0.25) is 0 Å². The highest BCUT2D eigenvalue weighted by atomic mass is 14.6. The third-order valence-corrected chi connectivity index (χ3v) is 5.72. The summed E-state index contributed by atoms with van der Waals surface area (Å²) in [5.74, 6) is 0. The van der Waals surface area contributed by atoms with Gasteiger partial charge >= 0.3 is 0 Å². The minimum absolute atomic E-state index is 0.778. The molecule has 0 saturated heterocycles. The molecule has 0 spiro atoms. The van der Waals surface area contributed by atoms with Gasteiger partial charge < -0.3 is 34.4 Å². The molecule has 0 aliphatic heterocycles. The first kappa shape index (κ1) is 25.9. The number of para-hydroxylation sites is 1. The number of rotatable bonds is 0. The Morgan fingerprint density at radius 2 is 0.889 bits per heavy atom. The maximum Gasteiger partial charge on any atom is 0.0394 e. The Kier molecular flexibility index (Phi) is 8.75. The van der Waals surface area contributed by atoms with E-state index in [1.54, 1.807) is 0 Å². The topological polar surface area (TPSA) is 156 Å². The van der Waals surface area contributed by atoms with Gasteiger partial charge in [0.2, 0.25) is 0 Å². The minimum atomic E-state index is 0.778. The summed E-state index contributed by atoms with van der Waals surface area (Å²) in [6.45, 7) is 0. The monoisotopic (exact) mass is 478 g/mol. The van der Waals surface area contributed by atoms with Crippen molar-refractivity contribution in [2.45, 2.75) is 6.42 Å². The molecule has 5 aromatic carbocycles. The predicted molar refractivity (Wildman–Crippen MR) is 157 cm³/mol. The molecule has 0 fully saturated rings. The lowest BCUT2D eigenvalue weighted by atomic mass is 10.1. The SMILES string of the molecule is CN.Nc1ccc2c(c1)Cc1cc(N)ccc1-2.Nc1cccc2c(N)cccc12.Nc1ccccc1. The van der Waals surface area contributed by atoms with Crippen LogP contribution in [0, 0.1) is 0 Å². The van der Waals surface area contributed by atoms with Crippen LogP contribution < -0.4 is 34.4 Å². The Labute approximate surface area is 212 Å². The zero-order chi connectivity index (χ0) is 26.1. The zero-order valence-corrected chi connectivity index (χ0v) is 20.5. The molecule has 184 valence electrons. The first-order valence-electron chi connectivity index (χ1n) is 11.6. The van der Waals surface area contributed by atoms with Gasteiger partial charge in [-0.2, -0.15) is 0 Å². The third kappa shape index (κ3) is 6.25. The molecule has 0 saturated carbocycles. The lowest BCUT2D eigenvalue weighted by molar-refractivity contribution is 1.27. The Morgan fingerprint density at radius 3 is 1.28 bits per heavy atom. The van der Waals surface area contributed by atoms with Gasteiger partial charge in [0, 0.05) is 39.2 Å². The first-order valence-corrected chi connectivity index (χ1v) is 11.6. The molecule has 0 atom stereocenters. The van der Waals surface area contributed by atoms with E-state index in [1.807, 2.05) is 91.0 Å². The molecule has 0 unspecified atom stereocenters. The number of nitrogen functional groups attached to an aromatic ring is 5. The van der Waals surface area contributed by atoms with Crippen molar-refractivity contribution in [3.63, 3.8) is 0 Å². The Morgan fingerprint density at radius 1 is 0.444 bits per heavy atom. The molecule has 36 heavy (non-hydrogen) atoms. The van der Waals surface area contributed by atoms with Crippen LogP contribution in [0.3, 0.4) is 0 Å². The van der Waals surface area contributed by atoms with E-state index in [9.17, 15) is 0 Å². The van der Waals surface area contributed by atoms with Crippen molar-refractivity contribution in [2.24, 2.45) is 5.73 Å². The second-order valence-electron chi connectivity index (χ2n) is 8.21. The average molecular weight is 479 g/mol. The highest BCUT2D eigenvalue weighted by Gasteiger charge is 2.17. The molecule has 12 N–H and O–H groups in total. The van der Waals surface area contributed by atoms with Crippen LogP contribution in [0.5, 0.6) is 0 Å². The van der Waals surface area contributed by atoms with E-state index in [0.717, 1.165) is 45.6 Å². The summed E-state index contributed by atoms with van der Waals surface area (Å²) in [6, 6.07) is 33.2. The smallest absolute Gasteiger partial charge is 0.0394 e. The minimum Gasteiger partial charge on any atom is -0.399 e. The number of hydrogen-bond donors (Lipinski definition) is 6. The summed E-state index contributed by atoms with van der Waals surface area (Å²) < 4.78 is 0. The second kappa shape index (κ2) is 12.1. The van der Waals surface area contributed by atoms with Gasteiger partial charge in [0.25, 0.3) is 0 Å². The maximum atomic E-state index is 5.77. The van der Waals surface area contributed by atoms with Crippen molar-refractivity contribution in [1.29, 1.82) is 0 Å². The number of benzene rings is 5. The normalized spacial score (nSPS) is 10.4. The lowest BCUT2D eigenvalue weighted by Gasteiger charge is -2.03. The third-order valence-electron chi connectivity index (χ3n) is 5.72. The van der Waals surface area contributed by atoms with E-state index in [0.29, 0.717) is 0 Å². The van der Waals surface area contributed by atoms with Crippen LogP contribution >= 0.6 is 0 Å². The fraction of sp³-hybridized carbons (Fsp3) is 0.0667. The molecular weight excluding hydrogens is 444 g/mol. The fourth-order valence-electron chi connectivity index (χ4n) is 4.06. The van der Waals surface area contributed by atoms with Crippen LogP contribution in [0.4, 0.5) is 28.4 Å². The van der Waals surface area contributed by atoms with E-state index in [2.05, 4.69) is 17.9 Å². The average Bonchev–Trinajstić information content (AvgIpc) is 3.23. The van der Waals surface area contributed by atoms with Gasteiger partial charge in [-0.15, -0.1) is 0 Å². The quantitative estimate of drug-likeness (QED) is 0.163. The molecule has 0 aromatic heterocycles. The summed E-state index contributed by atoms with van der Waals surface area (Å²) in [5, 5.41) is 2.05. The highest BCUT2D eigenvalue weighted by molar-refractivity contribution is 5.99. The van der Waals surface area contributed by atoms with Gasteiger partial charge in [-0.05, 0) is 84.3 Å². The van der Waals surface area contributed by atoms with E-state index < -0.39 is 0 Å². The largest absolute Gasteiger partial charge is 0.399 e. The Hall–Kier alpha value is -4.68. The van der Waals surface area contributed by atoms with Gasteiger partial charge in [0.1, 0.15) is 0 Å². The van der Waals surface area contributed by atoms with Gasteiger partial charge in [0.05, 0.1) is 0 Å². The number of nitrogens with two attached hydrogens (primary N) is 6. The molecule has 0 amide bonds. The van der Waals surface area contributed by atoms with Crippen molar-refractivity contribution in [3.8, 4) is 11.1 Å². The molecule has 0 radical (unpaired) electrons. The van der Waals surface area contributed by atoms with Crippen LogP contribution in [0.1, 0.15) is 11.1 Å². The summed E-state index contributed by atoms with van der Waals surface area (Å²) in [5.41, 5.74) is 42.2. The molecular formula is C30H34N6. The van der Waals surface area contributed by atoms with Gasteiger partial charge in [0.15, 0.2) is 0 Å². The van der Waals surface area contributed by atoms with Gasteiger partial charge in [-0.1, -0.05) is 54.6 Å². The van der Waals surface area contributed by atoms with Crippen molar-refractivity contribution in [2.75, 3.05) is 35.7 Å². The first-order chi connectivity index (χ1) is 17.4. The van der Waals surface area contributed by atoms with Crippen molar-refractivity contribution in [3.05, 3.63) is 114 Å². The Bertz CT molecular complexity index is 1340. The van der Waals surface area contributed by atoms with E-state index in [1.165, 1.54) is 29.3 Å². The molecule has 0 bridgehead atoms. The van der Waals surface area contributed by atoms with Crippen molar-refractivity contribution >= 4 is 39.2 Å². The standard InChI is InChI=1S/C13H12N2.C10H10N2.C6H7N.CH5N/c14-10-1-3-12-8(6-10)5-9-7-11(15)2-4-13(9)12;11-9-5-1-3-7-8(9)4-2-6-10(7)12;7-6-4-2-1-3-5-6;1-2/h1-4,6-7H,5,14-15H2;1-6H,11-12H2;1-5H,7H2;2H2,1H3. The molecule has 6 rings (SSSR count). The summed E-state index contributed by atoms with van der Waals surface area (Å²) >= 11 is 0. The van der Waals surface area contributed by atoms with Gasteiger partial charge in [-0.3, -0.25) is 0 Å². The second-order valence-corrected chi connectivity index (χ2v) is 8.21. The maximum absolute atomic E-state index is 5.77. The Balaban J connectivity index is 0.000000154.